The lowest BCUT2D eigenvalue weighted by Gasteiger charge is -2.22. The number of pyridine rings is 1. The van der Waals surface area contributed by atoms with Gasteiger partial charge in [0.2, 0.25) is 5.88 Å². The maximum absolute atomic E-state index is 5.66. The lowest BCUT2D eigenvalue weighted by atomic mass is 9.95. The fraction of sp³-hybridized carbons (Fsp3) is 0.615. The Hall–Kier alpha value is -1.09. The lowest BCUT2D eigenvalue weighted by Crippen LogP contribution is -2.28. The van der Waals surface area contributed by atoms with E-state index in [1.807, 2.05) is 12.1 Å². The predicted molar refractivity (Wildman–Crippen MR) is 64.7 cm³/mol. The molecule has 0 unspecified atom stereocenters. The Kier molecular flexibility index (Phi) is 4.17. The van der Waals surface area contributed by atoms with E-state index >= 15 is 0 Å². The van der Waals surface area contributed by atoms with E-state index in [0.717, 1.165) is 37.9 Å². The van der Waals surface area contributed by atoms with Crippen molar-refractivity contribution < 1.29 is 4.74 Å². The molecule has 0 bridgehead atoms. The minimum Gasteiger partial charge on any atom is -0.478 e. The van der Waals surface area contributed by atoms with E-state index in [-0.39, 0.29) is 0 Å². The third kappa shape index (κ3) is 3.49. The SMILES string of the molecule is Cc1ccnc(OCCC2CCNCC2)c1. The summed E-state index contributed by atoms with van der Waals surface area (Å²) < 4.78 is 5.66. The molecule has 1 aromatic heterocycles. The summed E-state index contributed by atoms with van der Waals surface area (Å²) in [5.41, 5.74) is 1.20. The first-order valence-electron chi connectivity index (χ1n) is 6.11. The predicted octanol–water partition coefficient (Wildman–Crippen LogP) is 2.16. The fourth-order valence-corrected chi connectivity index (χ4v) is 2.09. The van der Waals surface area contributed by atoms with Crippen LogP contribution in [0.15, 0.2) is 18.3 Å². The average molecular weight is 220 g/mol. The summed E-state index contributed by atoms with van der Waals surface area (Å²) in [5.74, 6) is 1.58. The molecule has 0 saturated carbocycles. The highest BCUT2D eigenvalue weighted by Gasteiger charge is 2.12. The number of aromatic nitrogens is 1. The standard InChI is InChI=1S/C13H20N2O/c1-11-2-8-15-13(10-11)16-9-5-12-3-6-14-7-4-12/h2,8,10,12,14H,3-7,9H2,1H3. The number of ether oxygens (including phenoxy) is 1. The van der Waals surface area contributed by atoms with Crippen molar-refractivity contribution in [2.24, 2.45) is 5.92 Å². The molecule has 88 valence electrons. The molecule has 1 aromatic rings. The summed E-state index contributed by atoms with van der Waals surface area (Å²) in [6, 6.07) is 3.97. The Morgan fingerprint density at radius 1 is 1.44 bits per heavy atom. The number of nitrogens with one attached hydrogen (secondary N) is 1. The van der Waals surface area contributed by atoms with Gasteiger partial charge in [0.25, 0.3) is 0 Å². The van der Waals surface area contributed by atoms with Crippen LogP contribution in [0.4, 0.5) is 0 Å². The van der Waals surface area contributed by atoms with Gasteiger partial charge in [-0.2, -0.15) is 0 Å². The molecular weight excluding hydrogens is 200 g/mol. The van der Waals surface area contributed by atoms with Crippen molar-refractivity contribution in [1.82, 2.24) is 10.3 Å². The van der Waals surface area contributed by atoms with Crippen molar-refractivity contribution in [2.45, 2.75) is 26.2 Å². The number of hydrogen-bond acceptors (Lipinski definition) is 3. The van der Waals surface area contributed by atoms with Gasteiger partial charge in [-0.1, -0.05) is 0 Å². The molecule has 16 heavy (non-hydrogen) atoms. The van der Waals surface area contributed by atoms with Gasteiger partial charge >= 0.3 is 0 Å². The van der Waals surface area contributed by atoms with Crippen molar-refractivity contribution >= 4 is 0 Å². The maximum atomic E-state index is 5.66. The molecule has 0 aliphatic carbocycles. The van der Waals surface area contributed by atoms with E-state index in [0.29, 0.717) is 0 Å². The molecule has 3 heteroatoms. The molecule has 2 heterocycles. The van der Waals surface area contributed by atoms with Crippen LogP contribution < -0.4 is 10.1 Å². The Morgan fingerprint density at radius 3 is 3.00 bits per heavy atom. The largest absolute Gasteiger partial charge is 0.478 e. The number of hydrogen-bond donors (Lipinski definition) is 1. The van der Waals surface area contributed by atoms with Gasteiger partial charge in [-0.3, -0.25) is 0 Å². The fourth-order valence-electron chi connectivity index (χ4n) is 2.09. The van der Waals surface area contributed by atoms with Crippen LogP contribution in [0.5, 0.6) is 5.88 Å². The minimum absolute atomic E-state index is 0.758. The Morgan fingerprint density at radius 2 is 2.25 bits per heavy atom. The smallest absolute Gasteiger partial charge is 0.213 e. The highest BCUT2D eigenvalue weighted by molar-refractivity contribution is 5.18. The van der Waals surface area contributed by atoms with Crippen molar-refractivity contribution in [2.75, 3.05) is 19.7 Å². The van der Waals surface area contributed by atoms with E-state index in [1.54, 1.807) is 6.20 Å². The highest BCUT2D eigenvalue weighted by Crippen LogP contribution is 2.16. The van der Waals surface area contributed by atoms with Crippen LogP contribution in [-0.2, 0) is 0 Å². The van der Waals surface area contributed by atoms with Crippen molar-refractivity contribution in [3.8, 4) is 5.88 Å². The summed E-state index contributed by atoms with van der Waals surface area (Å²) in [4.78, 5) is 4.19. The van der Waals surface area contributed by atoms with Crippen molar-refractivity contribution in [1.29, 1.82) is 0 Å². The quantitative estimate of drug-likeness (QED) is 0.844. The van der Waals surface area contributed by atoms with Gasteiger partial charge in [0.15, 0.2) is 0 Å². The second-order valence-electron chi connectivity index (χ2n) is 4.50. The monoisotopic (exact) mass is 220 g/mol. The van der Waals surface area contributed by atoms with Crippen LogP contribution in [-0.4, -0.2) is 24.7 Å². The Labute approximate surface area is 97.2 Å². The molecule has 2 rings (SSSR count). The third-order valence-electron chi connectivity index (χ3n) is 3.13. The Bertz CT molecular complexity index is 321. The summed E-state index contributed by atoms with van der Waals surface area (Å²) >= 11 is 0. The molecule has 0 amide bonds. The second-order valence-corrected chi connectivity index (χ2v) is 4.50. The number of piperidine rings is 1. The third-order valence-corrected chi connectivity index (χ3v) is 3.13. The Balaban J connectivity index is 1.71. The van der Waals surface area contributed by atoms with Crippen molar-refractivity contribution in [3.05, 3.63) is 23.9 Å². The topological polar surface area (TPSA) is 34.1 Å². The molecular formula is C13H20N2O. The second kappa shape index (κ2) is 5.85. The molecule has 1 N–H and O–H groups in total. The first-order chi connectivity index (χ1) is 7.84. The zero-order valence-electron chi connectivity index (χ0n) is 9.91. The van der Waals surface area contributed by atoms with Crippen LogP contribution in [0.2, 0.25) is 0 Å². The van der Waals surface area contributed by atoms with E-state index in [2.05, 4.69) is 17.2 Å². The molecule has 1 fully saturated rings. The highest BCUT2D eigenvalue weighted by atomic mass is 16.5. The minimum atomic E-state index is 0.758. The molecule has 0 atom stereocenters. The van der Waals surface area contributed by atoms with Crippen LogP contribution in [0.25, 0.3) is 0 Å². The molecule has 3 nitrogen and oxygen atoms in total. The van der Waals surface area contributed by atoms with Gasteiger partial charge in [-0.05, 0) is 56.8 Å². The van der Waals surface area contributed by atoms with Gasteiger partial charge in [0, 0.05) is 12.3 Å². The first kappa shape index (κ1) is 11.4. The van der Waals surface area contributed by atoms with Gasteiger partial charge in [-0.25, -0.2) is 4.98 Å². The molecule has 1 saturated heterocycles. The van der Waals surface area contributed by atoms with Crippen LogP contribution in [0, 0.1) is 12.8 Å². The van der Waals surface area contributed by atoms with Crippen LogP contribution >= 0.6 is 0 Å². The van der Waals surface area contributed by atoms with Crippen LogP contribution in [0.1, 0.15) is 24.8 Å². The summed E-state index contributed by atoms with van der Waals surface area (Å²) in [7, 11) is 0. The van der Waals surface area contributed by atoms with E-state index in [1.165, 1.54) is 18.4 Å². The normalized spacial score (nSPS) is 17.3. The number of rotatable bonds is 4. The molecule has 0 spiro atoms. The van der Waals surface area contributed by atoms with Gasteiger partial charge in [-0.15, -0.1) is 0 Å². The molecule has 0 aromatic carbocycles. The molecule has 1 aliphatic heterocycles. The molecule has 1 aliphatic rings. The van der Waals surface area contributed by atoms with E-state index < -0.39 is 0 Å². The van der Waals surface area contributed by atoms with E-state index in [4.69, 9.17) is 4.74 Å². The molecule has 0 radical (unpaired) electrons. The lowest BCUT2D eigenvalue weighted by molar-refractivity contribution is 0.245. The summed E-state index contributed by atoms with van der Waals surface area (Å²) in [6.45, 7) is 5.17. The van der Waals surface area contributed by atoms with Crippen molar-refractivity contribution in [3.63, 3.8) is 0 Å². The average Bonchev–Trinajstić information content (AvgIpc) is 2.30. The van der Waals surface area contributed by atoms with Crippen LogP contribution in [0.3, 0.4) is 0 Å². The number of aryl methyl sites for hydroxylation is 1. The maximum Gasteiger partial charge on any atom is 0.213 e. The summed E-state index contributed by atoms with van der Waals surface area (Å²) in [5, 5.41) is 3.38. The zero-order chi connectivity index (χ0) is 11.2. The van der Waals surface area contributed by atoms with E-state index in [9.17, 15) is 0 Å². The van der Waals surface area contributed by atoms with Gasteiger partial charge < -0.3 is 10.1 Å². The zero-order valence-corrected chi connectivity index (χ0v) is 9.91. The first-order valence-corrected chi connectivity index (χ1v) is 6.11. The summed E-state index contributed by atoms with van der Waals surface area (Å²) in [6.07, 6.45) is 5.52. The number of nitrogens with zero attached hydrogens (tertiary/aromatic N) is 1. The van der Waals surface area contributed by atoms with Gasteiger partial charge in [0.05, 0.1) is 6.61 Å². The van der Waals surface area contributed by atoms with Gasteiger partial charge in [0.1, 0.15) is 0 Å².